The Morgan fingerprint density at radius 3 is 3.16 bits per heavy atom. The van der Waals surface area contributed by atoms with E-state index < -0.39 is 6.10 Å². The largest absolute Gasteiger partial charge is 0.493 e. The van der Waals surface area contributed by atoms with Crippen LogP contribution < -0.4 is 14.8 Å². The van der Waals surface area contributed by atoms with Crippen LogP contribution in [-0.4, -0.2) is 30.4 Å². The average molecular weight is 263 g/mol. The normalized spacial score (nSPS) is 29.1. The second-order valence-corrected chi connectivity index (χ2v) is 5.48. The zero-order chi connectivity index (χ0) is 13.3. The number of fused-ring (bicyclic) bond motifs is 1. The molecule has 2 atom stereocenters. The Hall–Kier alpha value is -1.26. The van der Waals surface area contributed by atoms with Gasteiger partial charge >= 0.3 is 0 Å². The van der Waals surface area contributed by atoms with Crippen LogP contribution in [0.25, 0.3) is 0 Å². The van der Waals surface area contributed by atoms with Crippen molar-refractivity contribution in [2.75, 3.05) is 19.7 Å². The maximum absolute atomic E-state index is 10.3. The molecule has 2 aliphatic rings. The van der Waals surface area contributed by atoms with E-state index in [0.717, 1.165) is 43.0 Å². The summed E-state index contributed by atoms with van der Waals surface area (Å²) in [5, 5.41) is 13.6. The molecule has 3 rings (SSSR count). The fourth-order valence-corrected chi connectivity index (χ4v) is 2.91. The van der Waals surface area contributed by atoms with Crippen LogP contribution in [0.2, 0.25) is 0 Å². The SMILES string of the molecule is CCCOc1ccc2c(c1)OC1(CCNC1)CC2O. The maximum atomic E-state index is 10.3. The van der Waals surface area contributed by atoms with Gasteiger partial charge in [0.2, 0.25) is 0 Å². The minimum Gasteiger partial charge on any atom is -0.493 e. The molecule has 0 bridgehead atoms. The molecule has 1 aromatic rings. The van der Waals surface area contributed by atoms with Crippen molar-refractivity contribution in [1.82, 2.24) is 5.32 Å². The van der Waals surface area contributed by atoms with E-state index in [-0.39, 0.29) is 5.60 Å². The van der Waals surface area contributed by atoms with Crippen LogP contribution in [0.3, 0.4) is 0 Å². The van der Waals surface area contributed by atoms with E-state index in [1.165, 1.54) is 0 Å². The lowest BCUT2D eigenvalue weighted by Gasteiger charge is -2.37. The van der Waals surface area contributed by atoms with Gasteiger partial charge in [0.15, 0.2) is 0 Å². The van der Waals surface area contributed by atoms with Crippen LogP contribution in [0.15, 0.2) is 18.2 Å². The summed E-state index contributed by atoms with van der Waals surface area (Å²) in [6, 6.07) is 5.74. The fraction of sp³-hybridized carbons (Fsp3) is 0.600. The smallest absolute Gasteiger partial charge is 0.129 e. The molecule has 2 aliphatic heterocycles. The molecule has 4 nitrogen and oxygen atoms in total. The molecule has 2 unspecified atom stereocenters. The molecule has 0 aliphatic carbocycles. The zero-order valence-electron chi connectivity index (χ0n) is 11.3. The number of aliphatic hydroxyl groups excluding tert-OH is 1. The average Bonchev–Trinajstić information content (AvgIpc) is 2.83. The zero-order valence-corrected chi connectivity index (χ0v) is 11.3. The molecule has 0 radical (unpaired) electrons. The summed E-state index contributed by atoms with van der Waals surface area (Å²) in [6.45, 7) is 4.55. The van der Waals surface area contributed by atoms with Gasteiger partial charge in [0.25, 0.3) is 0 Å². The van der Waals surface area contributed by atoms with Crippen LogP contribution >= 0.6 is 0 Å². The molecule has 0 amide bonds. The lowest BCUT2D eigenvalue weighted by atomic mass is 9.88. The van der Waals surface area contributed by atoms with Crippen LogP contribution in [0, 0.1) is 0 Å². The Kier molecular flexibility index (Phi) is 3.37. The van der Waals surface area contributed by atoms with Gasteiger partial charge in [0.1, 0.15) is 17.1 Å². The molecule has 2 heterocycles. The fourth-order valence-electron chi connectivity index (χ4n) is 2.91. The van der Waals surface area contributed by atoms with Crippen molar-refractivity contribution < 1.29 is 14.6 Å². The van der Waals surface area contributed by atoms with E-state index >= 15 is 0 Å². The maximum Gasteiger partial charge on any atom is 0.129 e. The summed E-state index contributed by atoms with van der Waals surface area (Å²) >= 11 is 0. The summed E-state index contributed by atoms with van der Waals surface area (Å²) < 4.78 is 11.8. The first-order valence-corrected chi connectivity index (χ1v) is 7.07. The van der Waals surface area contributed by atoms with Gasteiger partial charge in [-0.3, -0.25) is 0 Å². The standard InChI is InChI=1S/C15H21NO3/c1-2-7-18-11-3-4-12-13(17)9-15(5-6-16-10-15)19-14(12)8-11/h3-4,8,13,16-17H,2,5-7,9-10H2,1H3. The van der Waals surface area contributed by atoms with Crippen molar-refractivity contribution >= 4 is 0 Å². The second-order valence-electron chi connectivity index (χ2n) is 5.48. The number of nitrogens with one attached hydrogen (secondary N) is 1. The lowest BCUT2D eigenvalue weighted by molar-refractivity contribution is -0.000508. The number of hydrogen-bond acceptors (Lipinski definition) is 4. The number of rotatable bonds is 3. The summed E-state index contributed by atoms with van der Waals surface area (Å²) in [7, 11) is 0. The van der Waals surface area contributed by atoms with Crippen molar-refractivity contribution in [3.8, 4) is 11.5 Å². The molecule has 19 heavy (non-hydrogen) atoms. The van der Waals surface area contributed by atoms with Crippen molar-refractivity contribution in [2.24, 2.45) is 0 Å². The monoisotopic (exact) mass is 263 g/mol. The van der Waals surface area contributed by atoms with Crippen molar-refractivity contribution in [2.45, 2.75) is 37.9 Å². The van der Waals surface area contributed by atoms with Crippen LogP contribution in [0.5, 0.6) is 11.5 Å². The minimum absolute atomic E-state index is 0.240. The molecule has 1 aromatic carbocycles. The van der Waals surface area contributed by atoms with E-state index in [0.29, 0.717) is 13.0 Å². The Bertz CT molecular complexity index is 455. The van der Waals surface area contributed by atoms with E-state index in [4.69, 9.17) is 9.47 Å². The molecule has 2 N–H and O–H groups in total. The molecule has 1 saturated heterocycles. The highest BCUT2D eigenvalue weighted by Gasteiger charge is 2.42. The van der Waals surface area contributed by atoms with Gasteiger partial charge < -0.3 is 19.9 Å². The van der Waals surface area contributed by atoms with Crippen LogP contribution in [0.4, 0.5) is 0 Å². The first-order valence-electron chi connectivity index (χ1n) is 7.07. The molecule has 0 saturated carbocycles. The van der Waals surface area contributed by atoms with E-state index in [1.54, 1.807) is 0 Å². The third-order valence-electron chi connectivity index (χ3n) is 3.91. The van der Waals surface area contributed by atoms with Crippen molar-refractivity contribution in [3.05, 3.63) is 23.8 Å². The summed E-state index contributed by atoms with van der Waals surface area (Å²) in [5.74, 6) is 1.59. The van der Waals surface area contributed by atoms with Gasteiger partial charge in [0, 0.05) is 31.0 Å². The predicted octanol–water partition coefficient (Wildman–Crippen LogP) is 2.02. The number of benzene rings is 1. The van der Waals surface area contributed by atoms with Crippen LogP contribution in [0.1, 0.15) is 37.9 Å². The molecular formula is C15H21NO3. The molecular weight excluding hydrogens is 242 g/mol. The topological polar surface area (TPSA) is 50.7 Å². The number of aliphatic hydroxyl groups is 1. The summed E-state index contributed by atoms with van der Waals surface area (Å²) in [4.78, 5) is 0. The number of hydrogen-bond donors (Lipinski definition) is 2. The quantitative estimate of drug-likeness (QED) is 0.876. The van der Waals surface area contributed by atoms with E-state index in [2.05, 4.69) is 12.2 Å². The van der Waals surface area contributed by atoms with Crippen molar-refractivity contribution in [3.63, 3.8) is 0 Å². The highest BCUT2D eigenvalue weighted by atomic mass is 16.5. The Labute approximate surface area is 113 Å². The van der Waals surface area contributed by atoms with E-state index in [9.17, 15) is 5.11 Å². The Balaban J connectivity index is 1.86. The van der Waals surface area contributed by atoms with E-state index in [1.807, 2.05) is 18.2 Å². The molecule has 104 valence electrons. The van der Waals surface area contributed by atoms with Gasteiger partial charge in [0.05, 0.1) is 12.7 Å². The summed E-state index contributed by atoms with van der Waals surface area (Å²) in [6.07, 6.45) is 2.16. The van der Waals surface area contributed by atoms with Gasteiger partial charge in [-0.25, -0.2) is 0 Å². The number of ether oxygens (including phenoxy) is 2. The van der Waals surface area contributed by atoms with Gasteiger partial charge in [-0.1, -0.05) is 6.92 Å². The van der Waals surface area contributed by atoms with Crippen LogP contribution in [-0.2, 0) is 0 Å². The third kappa shape index (κ3) is 2.42. The second kappa shape index (κ2) is 5.02. The third-order valence-corrected chi connectivity index (χ3v) is 3.91. The van der Waals surface area contributed by atoms with Gasteiger partial charge in [-0.05, 0) is 25.1 Å². The Morgan fingerprint density at radius 2 is 2.42 bits per heavy atom. The Morgan fingerprint density at radius 1 is 1.53 bits per heavy atom. The highest BCUT2D eigenvalue weighted by Crippen LogP contribution is 2.43. The summed E-state index contributed by atoms with van der Waals surface area (Å²) in [5.41, 5.74) is 0.636. The highest BCUT2D eigenvalue weighted by molar-refractivity contribution is 5.44. The molecule has 4 heteroatoms. The van der Waals surface area contributed by atoms with Crippen molar-refractivity contribution in [1.29, 1.82) is 0 Å². The minimum atomic E-state index is -0.441. The lowest BCUT2D eigenvalue weighted by Crippen LogP contribution is -2.42. The predicted molar refractivity (Wildman–Crippen MR) is 72.7 cm³/mol. The first-order chi connectivity index (χ1) is 9.22. The molecule has 0 aromatic heterocycles. The molecule has 1 fully saturated rings. The molecule has 1 spiro atoms. The first kappa shape index (κ1) is 12.8. The van der Waals surface area contributed by atoms with Gasteiger partial charge in [-0.15, -0.1) is 0 Å². The van der Waals surface area contributed by atoms with Gasteiger partial charge in [-0.2, -0.15) is 0 Å².